The molecule has 6 aromatic heterocycles. The molecule has 1 N–H and O–H groups in total. The second kappa shape index (κ2) is 24.4. The fourth-order valence-electron chi connectivity index (χ4n) is 7.01. The largest absolute Gasteiger partial charge is 0.456 e. The molecule has 0 radical (unpaired) electrons. The van der Waals surface area contributed by atoms with Crippen LogP contribution in [-0.4, -0.2) is 149 Å². The average Bonchev–Trinajstić information content (AvgIpc) is 4.09. The quantitative estimate of drug-likeness (QED) is 0.0411. The van der Waals surface area contributed by atoms with Crippen molar-refractivity contribution in [1.82, 2.24) is 44.0 Å². The van der Waals surface area contributed by atoms with Gasteiger partial charge in [-0.05, 0) is 116 Å². The van der Waals surface area contributed by atoms with Crippen molar-refractivity contribution in [3.05, 3.63) is 44.4 Å². The van der Waals surface area contributed by atoms with Crippen LogP contribution >= 0.6 is 103 Å². The van der Waals surface area contributed by atoms with Gasteiger partial charge in [-0.3, -0.25) is 9.13 Å². The van der Waals surface area contributed by atoms with E-state index in [0.717, 1.165) is 24.6 Å². The van der Waals surface area contributed by atoms with Crippen molar-refractivity contribution in [3.63, 3.8) is 0 Å². The Morgan fingerprint density at radius 3 is 1.66 bits per heavy atom. The van der Waals surface area contributed by atoms with Gasteiger partial charge in [-0.2, -0.15) is 9.97 Å². The Balaban J connectivity index is 0.000000200. The lowest BCUT2D eigenvalue weighted by molar-refractivity contribution is 0.00687. The first-order valence-corrected chi connectivity index (χ1v) is 41.8. The van der Waals surface area contributed by atoms with Gasteiger partial charge >= 0.3 is 6.01 Å². The molecule has 2 aliphatic rings. The minimum atomic E-state index is -3.49. The molecule has 0 aliphatic carbocycles. The van der Waals surface area contributed by atoms with Gasteiger partial charge in [-0.25, -0.2) is 36.8 Å². The van der Waals surface area contributed by atoms with Gasteiger partial charge in [0.05, 0.1) is 39.9 Å². The first-order valence-electron chi connectivity index (χ1n) is 23.3. The maximum Gasteiger partial charge on any atom is 0.301 e. The van der Waals surface area contributed by atoms with Crippen LogP contribution in [0.3, 0.4) is 0 Å². The van der Waals surface area contributed by atoms with E-state index in [1.54, 1.807) is 12.1 Å². The summed E-state index contributed by atoms with van der Waals surface area (Å²) in [6, 6.07) is 7.57. The smallest absolute Gasteiger partial charge is 0.301 e. The summed E-state index contributed by atoms with van der Waals surface area (Å²) in [4.78, 5) is 28.5. The van der Waals surface area contributed by atoms with Gasteiger partial charge < -0.3 is 33.1 Å². The summed E-state index contributed by atoms with van der Waals surface area (Å²) in [5.74, 6) is 0. The van der Waals surface area contributed by atoms with E-state index in [9.17, 15) is 16.8 Å². The molecular formula is C44H63Cl3I3N9O10S2Si3. The van der Waals surface area contributed by atoms with Crippen LogP contribution < -0.4 is 4.74 Å². The zero-order valence-corrected chi connectivity index (χ0v) is 56.8. The van der Waals surface area contributed by atoms with E-state index >= 15 is 0 Å². The van der Waals surface area contributed by atoms with Gasteiger partial charge in [-0.15, -0.1) is 0 Å². The van der Waals surface area contributed by atoms with Crippen LogP contribution in [0.25, 0.3) is 33.5 Å². The van der Waals surface area contributed by atoms with Crippen LogP contribution in [0.15, 0.2) is 28.5 Å². The maximum absolute atomic E-state index is 12.0. The van der Waals surface area contributed by atoms with Gasteiger partial charge in [0.15, 0.2) is 31.4 Å². The molecule has 4 atom stereocenters. The molecule has 410 valence electrons. The molecule has 2 aliphatic heterocycles. The third kappa shape index (κ3) is 16.1. The SMILES string of the molecule is CC(C)(C)[Si](C)(C)O[C@@H]1CO[C@H]2[C@@H]1OC[C@H]2Oc1nc2cc(Cl)c(I)nc2n1COCC[Si](C)(C)C.CS(=O)(=O)c1nc2nc(I)c(Cl)cc2[nH]1.C[Si](C)(C)CCOCn1c(S(C)(=O)=O)nc2cc(Cl)c(I)nc21. The number of fused-ring (bicyclic) bond motifs is 4. The van der Waals surface area contributed by atoms with Crippen LogP contribution in [0.4, 0.5) is 0 Å². The molecule has 2 fully saturated rings. The standard InChI is InChI=1S/C24H39ClIN3O5Si2.C13H19ClIN3O3SSi.C7H5ClIN3O2S/c1-24(2,3)36(7,8)34-18-13-32-19-17(12-31-20(18)19)33-23-27-16-11-15(25)21(26)28-22(16)29(23)14-30-9-10-35(4,5)6;1-22(19,20)13-16-10-7-9(14)11(15)17-12(10)18(13)8-21-5-6-23(2,3)4;1-15(13,14)7-10-4-2-3(8)5(9)11-6(4)12-7/h11,17-20H,9-10,12-14H2,1-8H3;7H,5-6,8H2,1-4H3;2H,1H3,(H,10,11,12)/t17-,18-,19-,20-;;/m1../s1. The molecule has 0 spiro atoms. The predicted molar refractivity (Wildman–Crippen MR) is 323 cm³/mol. The summed E-state index contributed by atoms with van der Waals surface area (Å²) in [7, 11) is -11.2. The van der Waals surface area contributed by atoms with Crippen LogP contribution in [0, 0.1) is 11.1 Å². The number of sulfone groups is 2. The van der Waals surface area contributed by atoms with Crippen molar-refractivity contribution in [3.8, 4) is 6.01 Å². The zero-order valence-electron chi connectivity index (χ0n) is 43.4. The Labute approximate surface area is 491 Å². The third-order valence-electron chi connectivity index (χ3n) is 12.1. The lowest BCUT2D eigenvalue weighted by atomic mass is 10.1. The van der Waals surface area contributed by atoms with E-state index in [0.29, 0.717) is 98.8 Å². The molecule has 0 amide bonds. The molecular weight excluding hydrogens is 1450 g/mol. The van der Waals surface area contributed by atoms with Crippen LogP contribution in [0.2, 0.25) is 84.6 Å². The summed E-state index contributed by atoms with van der Waals surface area (Å²) in [5.41, 5.74) is 3.14. The number of nitrogens with zero attached hydrogens (tertiary/aromatic N) is 8. The molecule has 6 aromatic rings. The molecule has 0 bridgehead atoms. The summed E-state index contributed by atoms with van der Waals surface area (Å²) in [6.07, 6.45) is 1.46. The summed E-state index contributed by atoms with van der Waals surface area (Å²) in [6.45, 7) is 27.6. The van der Waals surface area contributed by atoms with Crippen molar-refractivity contribution in [2.45, 2.75) is 138 Å². The average molecular weight is 1510 g/mol. The van der Waals surface area contributed by atoms with Gasteiger partial charge in [0.25, 0.3) is 0 Å². The maximum atomic E-state index is 12.0. The van der Waals surface area contributed by atoms with Gasteiger partial charge in [0.1, 0.15) is 47.8 Å². The normalized spacial score (nSPS) is 18.7. The van der Waals surface area contributed by atoms with Crippen molar-refractivity contribution in [2.24, 2.45) is 0 Å². The minimum absolute atomic E-state index is 0.0499. The second-order valence-corrected chi connectivity index (χ2v) is 46.1. The van der Waals surface area contributed by atoms with Crippen LogP contribution in [-0.2, 0) is 56.5 Å². The van der Waals surface area contributed by atoms with E-state index in [-0.39, 0.29) is 46.5 Å². The highest BCUT2D eigenvalue weighted by atomic mass is 127. The summed E-state index contributed by atoms with van der Waals surface area (Å²) >= 11 is 24.3. The first-order chi connectivity index (χ1) is 34.0. The topological polar surface area (TPSA) is 227 Å². The van der Waals surface area contributed by atoms with Gasteiger partial charge in [0.2, 0.25) is 30.0 Å². The Kier molecular flexibility index (Phi) is 20.6. The number of hydrogen-bond donors (Lipinski definition) is 1. The summed E-state index contributed by atoms with van der Waals surface area (Å²) in [5, 5.41) is 1.45. The Bertz CT molecular complexity index is 3190. The monoisotopic (exact) mass is 1510 g/mol. The number of hydrogen-bond acceptors (Lipinski definition) is 16. The molecule has 2 saturated heterocycles. The van der Waals surface area contributed by atoms with Crippen LogP contribution in [0.1, 0.15) is 20.8 Å². The van der Waals surface area contributed by atoms with Crippen LogP contribution in [0.5, 0.6) is 6.01 Å². The Morgan fingerprint density at radius 1 is 0.676 bits per heavy atom. The molecule has 0 aromatic carbocycles. The van der Waals surface area contributed by atoms with E-state index in [1.165, 1.54) is 4.57 Å². The number of H-pyrrole nitrogens is 1. The number of aromatic amines is 1. The molecule has 8 heterocycles. The number of ether oxygens (including phenoxy) is 5. The van der Waals surface area contributed by atoms with E-state index in [2.05, 4.69) is 126 Å². The van der Waals surface area contributed by atoms with E-state index in [1.807, 2.05) is 55.8 Å². The zero-order chi connectivity index (χ0) is 55.1. The van der Waals surface area contributed by atoms with Crippen molar-refractivity contribution in [2.75, 3.05) is 38.9 Å². The van der Waals surface area contributed by atoms with Crippen molar-refractivity contribution in [1.29, 1.82) is 0 Å². The van der Waals surface area contributed by atoms with E-state index in [4.69, 9.17) is 67.9 Å². The Morgan fingerprint density at radius 2 is 1.15 bits per heavy atom. The molecule has 19 nitrogen and oxygen atoms in total. The minimum Gasteiger partial charge on any atom is -0.456 e. The molecule has 0 saturated carbocycles. The summed E-state index contributed by atoms with van der Waals surface area (Å²) < 4.78 is 88.8. The third-order valence-corrected chi connectivity index (χ3v) is 26.2. The fraction of sp³-hybridized carbons (Fsp3) is 0.591. The van der Waals surface area contributed by atoms with Gasteiger partial charge in [-0.1, -0.05) is 94.9 Å². The molecule has 30 heteroatoms. The predicted octanol–water partition coefficient (Wildman–Crippen LogP) is 11.0. The highest BCUT2D eigenvalue weighted by Crippen LogP contribution is 2.41. The van der Waals surface area contributed by atoms with Crippen molar-refractivity contribution < 1.29 is 44.9 Å². The molecule has 74 heavy (non-hydrogen) atoms. The molecule has 0 unspecified atom stereocenters. The number of aromatic nitrogens is 9. The first kappa shape index (κ1) is 62.3. The number of nitrogens with one attached hydrogen (secondary N) is 1. The Hall–Kier alpha value is -0.929. The highest BCUT2D eigenvalue weighted by molar-refractivity contribution is 14.1. The number of halogens is 6. The highest BCUT2D eigenvalue weighted by Gasteiger charge is 2.52. The number of imidazole rings is 3. The number of rotatable bonds is 16. The molecule has 8 rings (SSSR count). The second-order valence-electron chi connectivity index (χ2n) is 21.9. The lowest BCUT2D eigenvalue weighted by Crippen LogP contribution is -2.47. The van der Waals surface area contributed by atoms with Gasteiger partial charge in [0, 0.05) is 41.9 Å². The van der Waals surface area contributed by atoms with Crippen molar-refractivity contribution >= 4 is 180 Å². The van der Waals surface area contributed by atoms with E-state index < -0.39 is 44.1 Å². The number of pyridine rings is 3. The fourth-order valence-corrected chi connectivity index (χ4v) is 12.8. The lowest BCUT2D eigenvalue weighted by Gasteiger charge is -2.39.